The second kappa shape index (κ2) is 28.3. The van der Waals surface area contributed by atoms with Gasteiger partial charge in [-0.05, 0) is 107 Å². The van der Waals surface area contributed by atoms with Gasteiger partial charge in [0.2, 0.25) is 5.79 Å². The lowest BCUT2D eigenvalue weighted by molar-refractivity contribution is -0.255. The number of fused-ring (bicyclic) bond motifs is 2. The monoisotopic (exact) mass is 976 g/mol. The van der Waals surface area contributed by atoms with Gasteiger partial charge < -0.3 is 43.5 Å². The van der Waals surface area contributed by atoms with E-state index < -0.39 is 35.5 Å². The van der Waals surface area contributed by atoms with E-state index in [0.717, 1.165) is 56.1 Å². The molecule has 3 N–H and O–H groups in total. The van der Waals surface area contributed by atoms with Crippen LogP contribution in [0.1, 0.15) is 162 Å². The standard InChI is InChI=1S/C56H85N3O11/c1-9-12-13-14-15-16-17-18-19-24-35-66-54(63)59(31-10-2)50-39-47(58-70-55(4,5)6)44-36-40(25-20-22-32-60)43(26-21-23-33-61)51-45-37-42(28-30-48(45)69-56(50,52(44)51)67-34-11-3)68-53(62)57-46-29-27-41(64-7)38-49(46)65-8/h11,27-30,36-38,40,43,50-52,60-61H,3,9-10,12-26,31-35,39H2,1-2,4-8H3,(H,57,62). The van der Waals surface area contributed by atoms with Crippen LogP contribution in [0.3, 0.4) is 0 Å². The normalized spacial score (nSPS) is 21.9. The molecule has 0 aromatic heterocycles. The highest BCUT2D eigenvalue weighted by Crippen LogP contribution is 2.62. The molecule has 6 atom stereocenters. The van der Waals surface area contributed by atoms with Gasteiger partial charge in [0.1, 0.15) is 34.6 Å². The van der Waals surface area contributed by atoms with Crippen LogP contribution in [0.5, 0.6) is 23.0 Å². The fraction of sp³-hybridized carbons (Fsp3) is 0.661. The molecule has 1 saturated carbocycles. The first-order valence-corrected chi connectivity index (χ1v) is 26.3. The van der Waals surface area contributed by atoms with Crippen LogP contribution >= 0.6 is 0 Å². The quantitative estimate of drug-likeness (QED) is 0.0387. The van der Waals surface area contributed by atoms with Gasteiger partial charge in [0.05, 0.1) is 44.8 Å². The van der Waals surface area contributed by atoms with E-state index >= 15 is 0 Å². The molecule has 390 valence electrons. The zero-order valence-electron chi connectivity index (χ0n) is 43.4. The summed E-state index contributed by atoms with van der Waals surface area (Å²) in [6.07, 6.45) is 19.9. The fourth-order valence-corrected chi connectivity index (χ4v) is 10.5. The van der Waals surface area contributed by atoms with Crippen LogP contribution in [0.25, 0.3) is 0 Å². The summed E-state index contributed by atoms with van der Waals surface area (Å²) in [4.78, 5) is 36.4. The molecule has 0 spiro atoms. The van der Waals surface area contributed by atoms with Crippen molar-refractivity contribution in [2.75, 3.05) is 52.5 Å². The third kappa shape index (κ3) is 15.1. The van der Waals surface area contributed by atoms with Crippen molar-refractivity contribution in [3.8, 4) is 23.0 Å². The van der Waals surface area contributed by atoms with Crippen LogP contribution in [0.2, 0.25) is 0 Å². The number of methoxy groups -OCH3 is 2. The van der Waals surface area contributed by atoms with Crippen molar-refractivity contribution in [3.05, 3.63) is 66.3 Å². The number of carbonyl (C=O) groups is 2. The summed E-state index contributed by atoms with van der Waals surface area (Å²) < 4.78 is 37.5. The summed E-state index contributed by atoms with van der Waals surface area (Å²) in [5.74, 6) is -0.459. The number of nitrogens with one attached hydrogen (secondary N) is 1. The molecule has 2 aromatic carbocycles. The van der Waals surface area contributed by atoms with Crippen molar-refractivity contribution >= 4 is 23.6 Å². The van der Waals surface area contributed by atoms with E-state index in [4.69, 9.17) is 38.4 Å². The Morgan fingerprint density at radius 3 is 2.20 bits per heavy atom. The molecule has 6 unspecified atom stereocenters. The first-order valence-electron chi connectivity index (χ1n) is 26.3. The van der Waals surface area contributed by atoms with Crippen molar-refractivity contribution < 1.29 is 53.1 Å². The van der Waals surface area contributed by atoms with Crippen LogP contribution in [-0.2, 0) is 14.3 Å². The van der Waals surface area contributed by atoms with Gasteiger partial charge >= 0.3 is 12.2 Å². The highest BCUT2D eigenvalue weighted by Gasteiger charge is 2.65. The van der Waals surface area contributed by atoms with Crippen LogP contribution in [-0.4, -0.2) is 97.6 Å². The van der Waals surface area contributed by atoms with E-state index in [1.165, 1.54) is 52.1 Å². The number of aliphatic hydroxyl groups excluding tert-OH is 2. The number of unbranched alkanes of at least 4 members (excludes halogenated alkanes) is 11. The fourth-order valence-electron chi connectivity index (χ4n) is 10.5. The second-order valence-corrected chi connectivity index (χ2v) is 20.0. The first kappa shape index (κ1) is 56.1. The van der Waals surface area contributed by atoms with Gasteiger partial charge in [0.15, 0.2) is 0 Å². The van der Waals surface area contributed by atoms with Crippen LogP contribution in [0.15, 0.2) is 65.9 Å². The second-order valence-electron chi connectivity index (χ2n) is 20.0. The summed E-state index contributed by atoms with van der Waals surface area (Å²) in [5.41, 5.74) is 2.23. The van der Waals surface area contributed by atoms with Gasteiger partial charge in [-0.25, -0.2) is 9.59 Å². The highest BCUT2D eigenvalue weighted by molar-refractivity contribution is 6.03. The van der Waals surface area contributed by atoms with E-state index in [-0.39, 0.29) is 44.0 Å². The highest BCUT2D eigenvalue weighted by atomic mass is 16.7. The Hall–Kier alpha value is -4.79. The maximum atomic E-state index is 14.7. The zero-order valence-corrected chi connectivity index (χ0v) is 43.4. The zero-order chi connectivity index (χ0) is 50.5. The molecule has 70 heavy (non-hydrogen) atoms. The SMILES string of the molecule is C=CCOC12Oc3ccc(OC(=O)Nc4ccc(OC)cc4OC)cc3C3C(CCCCO)C(CCCCO)C=C(C(=NOC(C)(C)C)CC1N(CCC)C(=O)OCCCCCCCCCCCC)C32. The Morgan fingerprint density at radius 1 is 0.871 bits per heavy atom. The number of hydrogen-bond donors (Lipinski definition) is 3. The average molecular weight is 976 g/mol. The molecule has 1 heterocycles. The van der Waals surface area contributed by atoms with Gasteiger partial charge in [-0.2, -0.15) is 0 Å². The van der Waals surface area contributed by atoms with Crippen LogP contribution in [0, 0.1) is 17.8 Å². The summed E-state index contributed by atoms with van der Waals surface area (Å²) >= 11 is 0. The molecule has 2 amide bonds. The minimum absolute atomic E-state index is 0.0209. The van der Waals surface area contributed by atoms with Crippen molar-refractivity contribution in [2.24, 2.45) is 22.9 Å². The molecule has 2 aromatic rings. The Kier molecular flexibility index (Phi) is 22.7. The number of allylic oxidation sites excluding steroid dienone is 1. The number of oxime groups is 1. The molecular weight excluding hydrogens is 891 g/mol. The van der Waals surface area contributed by atoms with E-state index in [2.05, 4.69) is 24.9 Å². The molecule has 0 saturated heterocycles. The van der Waals surface area contributed by atoms with E-state index in [9.17, 15) is 19.8 Å². The third-order valence-corrected chi connectivity index (χ3v) is 13.7. The Labute approximate surface area is 418 Å². The molecule has 2 aliphatic carbocycles. The average Bonchev–Trinajstić information content (AvgIpc) is 3.34. The number of amides is 2. The molecule has 5 rings (SSSR count). The van der Waals surface area contributed by atoms with Gasteiger partial charge in [-0.3, -0.25) is 10.2 Å². The first-order chi connectivity index (χ1) is 33.9. The summed E-state index contributed by atoms with van der Waals surface area (Å²) in [6.45, 7) is 15.2. The third-order valence-electron chi connectivity index (χ3n) is 13.7. The predicted octanol–water partition coefficient (Wildman–Crippen LogP) is 12.5. The molecule has 1 aliphatic heterocycles. The number of nitrogens with zero attached hydrogens (tertiary/aromatic N) is 2. The Bertz CT molecular complexity index is 2020. The lowest BCUT2D eigenvalue weighted by Crippen LogP contribution is -2.70. The van der Waals surface area contributed by atoms with Gasteiger partial charge in [-0.1, -0.05) is 102 Å². The van der Waals surface area contributed by atoms with Crippen molar-refractivity contribution in [2.45, 2.75) is 174 Å². The van der Waals surface area contributed by atoms with Crippen molar-refractivity contribution in [1.82, 2.24) is 4.90 Å². The lowest BCUT2D eigenvalue weighted by atomic mass is 9.55. The number of benzene rings is 2. The van der Waals surface area contributed by atoms with Gasteiger partial charge in [-0.15, -0.1) is 6.58 Å². The molecule has 1 fully saturated rings. The van der Waals surface area contributed by atoms with Crippen LogP contribution < -0.4 is 24.3 Å². The van der Waals surface area contributed by atoms with Crippen molar-refractivity contribution in [1.29, 1.82) is 0 Å². The Morgan fingerprint density at radius 2 is 1.56 bits per heavy atom. The minimum Gasteiger partial charge on any atom is -0.497 e. The van der Waals surface area contributed by atoms with Crippen molar-refractivity contribution in [3.63, 3.8) is 0 Å². The topological polar surface area (TPSA) is 167 Å². The summed E-state index contributed by atoms with van der Waals surface area (Å²) in [5, 5.41) is 27.8. The maximum absolute atomic E-state index is 14.7. The van der Waals surface area contributed by atoms with E-state index in [1.54, 1.807) is 42.4 Å². The molecule has 14 nitrogen and oxygen atoms in total. The molecule has 0 radical (unpaired) electrons. The molecule has 3 aliphatic rings. The number of aliphatic hydroxyl groups is 2. The smallest absolute Gasteiger partial charge is 0.417 e. The minimum atomic E-state index is -1.44. The predicted molar refractivity (Wildman–Crippen MR) is 275 cm³/mol. The molecule has 0 bridgehead atoms. The van der Waals surface area contributed by atoms with Crippen LogP contribution in [0.4, 0.5) is 15.3 Å². The van der Waals surface area contributed by atoms with Gasteiger partial charge in [0.25, 0.3) is 0 Å². The summed E-state index contributed by atoms with van der Waals surface area (Å²) in [7, 11) is 3.07. The number of anilines is 1. The number of rotatable bonds is 30. The summed E-state index contributed by atoms with van der Waals surface area (Å²) in [6, 6.07) is 9.78. The molecule has 14 heteroatoms. The Balaban J connectivity index is 1.59. The number of hydrogen-bond acceptors (Lipinski definition) is 12. The van der Waals surface area contributed by atoms with E-state index in [1.807, 2.05) is 39.8 Å². The number of ether oxygens (including phenoxy) is 6. The van der Waals surface area contributed by atoms with Gasteiger partial charge in [0, 0.05) is 43.7 Å². The largest absolute Gasteiger partial charge is 0.497 e. The maximum Gasteiger partial charge on any atom is 0.417 e. The molecular formula is C56H85N3O11. The lowest BCUT2D eigenvalue weighted by Gasteiger charge is -2.60. The van der Waals surface area contributed by atoms with E-state index in [0.29, 0.717) is 66.8 Å². The number of carbonyl (C=O) groups excluding carboxylic acids is 2.